The molecule has 2 heterocycles. The van der Waals surface area contributed by atoms with E-state index in [-0.39, 0.29) is 22.9 Å². The molecule has 2 rings (SSSR count). The van der Waals surface area contributed by atoms with Crippen LogP contribution in [0.3, 0.4) is 0 Å². The molecule has 0 bridgehead atoms. The molecule has 0 spiro atoms. The van der Waals surface area contributed by atoms with E-state index in [1.54, 1.807) is 25.5 Å². The molecule has 2 aromatic rings. The van der Waals surface area contributed by atoms with E-state index in [1.807, 2.05) is 6.07 Å². The first kappa shape index (κ1) is 14.9. The summed E-state index contributed by atoms with van der Waals surface area (Å²) in [5, 5.41) is 11.0. The van der Waals surface area contributed by atoms with E-state index in [2.05, 4.69) is 9.97 Å². The number of pyridine rings is 2. The first-order valence-corrected chi connectivity index (χ1v) is 6.31. The monoisotopic (exact) mass is 306 g/mol. The lowest BCUT2D eigenvalue weighted by atomic mass is 10.2. The van der Waals surface area contributed by atoms with Gasteiger partial charge in [0.2, 0.25) is 0 Å². The third-order valence-electron chi connectivity index (χ3n) is 2.77. The quantitative estimate of drug-likeness (QED) is 0.491. The number of carbonyl (C=O) groups excluding carboxylic acids is 1. The zero-order valence-corrected chi connectivity index (χ0v) is 11.8. The van der Waals surface area contributed by atoms with Crippen molar-refractivity contribution in [2.45, 2.75) is 6.54 Å². The summed E-state index contributed by atoms with van der Waals surface area (Å²) in [6.45, 7) is 0.282. The van der Waals surface area contributed by atoms with Gasteiger partial charge in [-0.15, -0.1) is 0 Å². The van der Waals surface area contributed by atoms with E-state index >= 15 is 0 Å². The highest BCUT2D eigenvalue weighted by Crippen LogP contribution is 2.22. The highest BCUT2D eigenvalue weighted by Gasteiger charge is 2.24. The molecule has 0 aromatic carbocycles. The summed E-state index contributed by atoms with van der Waals surface area (Å²) in [5.41, 5.74) is 0.352. The third-order valence-corrected chi connectivity index (χ3v) is 2.97. The summed E-state index contributed by atoms with van der Waals surface area (Å²) < 4.78 is 0. The van der Waals surface area contributed by atoms with Crippen LogP contribution in [0.15, 0.2) is 36.8 Å². The maximum atomic E-state index is 12.3. The molecule has 0 aliphatic carbocycles. The summed E-state index contributed by atoms with van der Waals surface area (Å²) in [6, 6.07) is 4.76. The molecular formula is C13H11ClN4O3. The highest BCUT2D eigenvalue weighted by atomic mass is 35.5. The van der Waals surface area contributed by atoms with Crippen molar-refractivity contribution in [3.8, 4) is 0 Å². The summed E-state index contributed by atoms with van der Waals surface area (Å²) in [6.07, 6.45) is 4.23. The van der Waals surface area contributed by atoms with E-state index in [0.717, 1.165) is 11.8 Å². The van der Waals surface area contributed by atoms with Crippen molar-refractivity contribution in [1.82, 2.24) is 14.9 Å². The SMILES string of the molecule is CN(Cc1cccnc1)C(=O)c1cc(Cl)ncc1[N+](=O)[O-]. The lowest BCUT2D eigenvalue weighted by Crippen LogP contribution is -2.27. The van der Waals surface area contributed by atoms with E-state index in [4.69, 9.17) is 11.6 Å². The topological polar surface area (TPSA) is 89.2 Å². The fraction of sp³-hybridized carbons (Fsp3) is 0.154. The molecule has 1 amide bonds. The largest absolute Gasteiger partial charge is 0.337 e. The standard InChI is InChI=1S/C13H11ClN4O3/c1-17(8-9-3-2-4-15-6-9)13(19)10-5-12(14)16-7-11(10)18(20)21/h2-7H,8H2,1H3. The molecule has 2 aromatic heterocycles. The minimum Gasteiger partial charge on any atom is -0.337 e. The smallest absolute Gasteiger partial charge is 0.300 e. The van der Waals surface area contributed by atoms with E-state index in [1.165, 1.54) is 11.0 Å². The number of hydrogen-bond donors (Lipinski definition) is 0. The number of nitro groups is 1. The Bertz CT molecular complexity index is 678. The molecule has 0 N–H and O–H groups in total. The van der Waals surface area contributed by atoms with Gasteiger partial charge in [0.25, 0.3) is 11.6 Å². The third kappa shape index (κ3) is 3.51. The predicted octanol–water partition coefficient (Wildman–Crippen LogP) is 2.31. The van der Waals surface area contributed by atoms with Crippen LogP contribution < -0.4 is 0 Å². The van der Waals surface area contributed by atoms with Gasteiger partial charge in [0.15, 0.2) is 0 Å². The molecule has 0 radical (unpaired) electrons. The van der Waals surface area contributed by atoms with Crippen LogP contribution >= 0.6 is 11.6 Å². The Kier molecular flexibility index (Phi) is 4.44. The van der Waals surface area contributed by atoms with Crippen LogP contribution in [0.1, 0.15) is 15.9 Å². The highest BCUT2D eigenvalue weighted by molar-refractivity contribution is 6.29. The Morgan fingerprint density at radius 3 is 2.86 bits per heavy atom. The van der Waals surface area contributed by atoms with Crippen molar-refractivity contribution in [2.75, 3.05) is 7.05 Å². The molecule has 0 aliphatic rings. The summed E-state index contributed by atoms with van der Waals surface area (Å²) in [7, 11) is 1.55. The number of carbonyl (C=O) groups is 1. The van der Waals surface area contributed by atoms with Gasteiger partial charge in [-0.1, -0.05) is 17.7 Å². The molecule has 0 saturated carbocycles. The zero-order valence-electron chi connectivity index (χ0n) is 11.1. The van der Waals surface area contributed by atoms with Crippen LogP contribution in [0.25, 0.3) is 0 Å². The van der Waals surface area contributed by atoms with Crippen molar-refractivity contribution in [3.05, 3.63) is 63.2 Å². The molecule has 0 fully saturated rings. The van der Waals surface area contributed by atoms with Gasteiger partial charge in [-0.25, -0.2) is 4.98 Å². The number of nitrogens with zero attached hydrogens (tertiary/aromatic N) is 4. The fourth-order valence-corrected chi connectivity index (χ4v) is 1.94. The van der Waals surface area contributed by atoms with E-state index in [9.17, 15) is 14.9 Å². The van der Waals surface area contributed by atoms with Crippen molar-refractivity contribution in [2.24, 2.45) is 0 Å². The van der Waals surface area contributed by atoms with Gasteiger partial charge in [0.1, 0.15) is 16.9 Å². The second kappa shape index (κ2) is 6.27. The molecule has 0 unspecified atom stereocenters. The second-order valence-corrected chi connectivity index (χ2v) is 4.69. The lowest BCUT2D eigenvalue weighted by molar-refractivity contribution is -0.385. The Morgan fingerprint density at radius 2 is 2.24 bits per heavy atom. The Balaban J connectivity index is 2.27. The van der Waals surface area contributed by atoms with Gasteiger partial charge in [0, 0.05) is 26.0 Å². The Hall–Kier alpha value is -2.54. The minimum atomic E-state index is -0.658. The molecule has 0 saturated heterocycles. The fourth-order valence-electron chi connectivity index (χ4n) is 1.78. The summed E-state index contributed by atoms with van der Waals surface area (Å²) in [4.78, 5) is 31.6. The molecule has 21 heavy (non-hydrogen) atoms. The number of rotatable bonds is 4. The molecule has 0 aliphatic heterocycles. The second-order valence-electron chi connectivity index (χ2n) is 4.30. The number of aromatic nitrogens is 2. The first-order valence-electron chi connectivity index (χ1n) is 5.93. The van der Waals surface area contributed by atoms with E-state index in [0.29, 0.717) is 0 Å². The summed E-state index contributed by atoms with van der Waals surface area (Å²) in [5.74, 6) is -0.505. The van der Waals surface area contributed by atoms with Crippen LogP contribution in [-0.4, -0.2) is 32.7 Å². The average Bonchev–Trinajstić information content (AvgIpc) is 2.47. The van der Waals surface area contributed by atoms with Crippen LogP contribution in [0.4, 0.5) is 5.69 Å². The van der Waals surface area contributed by atoms with Crippen molar-refractivity contribution in [3.63, 3.8) is 0 Å². The zero-order chi connectivity index (χ0) is 15.4. The van der Waals surface area contributed by atoms with Crippen LogP contribution in [0, 0.1) is 10.1 Å². The van der Waals surface area contributed by atoms with Crippen molar-refractivity contribution in [1.29, 1.82) is 0 Å². The van der Waals surface area contributed by atoms with E-state index < -0.39 is 10.8 Å². The van der Waals surface area contributed by atoms with Gasteiger partial charge in [-0.2, -0.15) is 0 Å². The van der Waals surface area contributed by atoms with Gasteiger partial charge in [-0.05, 0) is 17.7 Å². The minimum absolute atomic E-state index is 0.0266. The molecule has 0 atom stereocenters. The van der Waals surface area contributed by atoms with Crippen molar-refractivity contribution >= 4 is 23.2 Å². The van der Waals surface area contributed by atoms with Crippen LogP contribution in [0.2, 0.25) is 5.15 Å². The van der Waals surface area contributed by atoms with Gasteiger partial charge < -0.3 is 4.90 Å². The van der Waals surface area contributed by atoms with Crippen LogP contribution in [0.5, 0.6) is 0 Å². The Morgan fingerprint density at radius 1 is 1.48 bits per heavy atom. The molecule has 7 nitrogen and oxygen atoms in total. The number of halogens is 1. The molecular weight excluding hydrogens is 296 g/mol. The maximum Gasteiger partial charge on any atom is 0.300 e. The Labute approximate surface area is 125 Å². The lowest BCUT2D eigenvalue weighted by Gasteiger charge is -2.17. The average molecular weight is 307 g/mol. The maximum absolute atomic E-state index is 12.3. The summed E-state index contributed by atoms with van der Waals surface area (Å²) >= 11 is 5.72. The van der Waals surface area contributed by atoms with Gasteiger partial charge >= 0.3 is 0 Å². The van der Waals surface area contributed by atoms with Gasteiger partial charge in [0.05, 0.1) is 4.92 Å². The normalized spacial score (nSPS) is 10.2. The number of amides is 1. The van der Waals surface area contributed by atoms with Crippen LogP contribution in [-0.2, 0) is 6.54 Å². The molecule has 8 heteroatoms. The predicted molar refractivity (Wildman–Crippen MR) is 75.9 cm³/mol. The first-order chi connectivity index (χ1) is 9.99. The number of hydrogen-bond acceptors (Lipinski definition) is 5. The van der Waals surface area contributed by atoms with Crippen molar-refractivity contribution < 1.29 is 9.72 Å². The molecule has 108 valence electrons. The van der Waals surface area contributed by atoms with Gasteiger partial charge in [-0.3, -0.25) is 19.9 Å².